The van der Waals surface area contributed by atoms with Crippen LogP contribution in [0.25, 0.3) is 0 Å². The highest BCUT2D eigenvalue weighted by molar-refractivity contribution is 5.92. The molecule has 7 rings (SSSR count). The average molecular weight is 917 g/mol. The van der Waals surface area contributed by atoms with E-state index >= 15 is 0 Å². The number of phenols is 17. The summed E-state index contributed by atoms with van der Waals surface area (Å²) in [5.41, 5.74) is -3.16. The van der Waals surface area contributed by atoms with Gasteiger partial charge in [-0.3, -0.25) is 0 Å². The standard InChI is InChI=1S/C44H36O22/c45-18-9-21(46)19(22(47)10-18)11-33(64-43(62)16-5-29(54)39(60)30(55)6-16)35(14-1-25(50)37(58)26(51)2-14)36-24(49)13-23(48)20-12-34(65-44(63)17-7-31(56)40(61)32(57)8-17)41(66-42(20)36)15-3-27(52)38(59)28(53)4-15/h1-10,13,33-35,41,45-61H,11-12H2/t33-,34-,35-,41-/m1/s1. The van der Waals surface area contributed by atoms with E-state index in [4.69, 9.17) is 14.2 Å². The van der Waals surface area contributed by atoms with E-state index in [-0.39, 0.29) is 16.7 Å². The molecular formula is C44H36O22. The number of carbonyl (C=O) groups excluding carboxylic acids is 2. The van der Waals surface area contributed by atoms with Crippen LogP contribution in [0, 0.1) is 0 Å². The smallest absolute Gasteiger partial charge is 0.338 e. The van der Waals surface area contributed by atoms with Crippen LogP contribution in [0.15, 0.2) is 66.7 Å². The summed E-state index contributed by atoms with van der Waals surface area (Å²) in [5, 5.41) is 179. The molecular weight excluding hydrogens is 880 g/mol. The topological polar surface area (TPSA) is 406 Å². The minimum Gasteiger partial charge on any atom is -0.508 e. The van der Waals surface area contributed by atoms with Crippen LogP contribution in [-0.2, 0) is 22.3 Å². The Morgan fingerprint density at radius 1 is 0.515 bits per heavy atom. The maximum atomic E-state index is 14.0. The fraction of sp³-hybridized carbons (Fsp3) is 0.136. The molecule has 6 aromatic carbocycles. The SMILES string of the molecule is O=C(O[C@H](Cc1c(O)cc(O)cc1O)[C@@H](c1cc(O)c(O)c(O)c1)c1c(O)cc(O)c2c1O[C@H](c1cc(O)c(O)c(O)c1)[C@H](OC(=O)c1cc(O)c(O)c(O)c1)C2)c1cc(O)c(O)c(O)c1. The van der Waals surface area contributed by atoms with Crippen molar-refractivity contribution in [3.05, 3.63) is 106 Å². The third-order valence-electron chi connectivity index (χ3n) is 10.6. The van der Waals surface area contributed by atoms with Gasteiger partial charge in [-0.25, -0.2) is 9.59 Å². The van der Waals surface area contributed by atoms with Crippen molar-refractivity contribution in [2.45, 2.75) is 37.1 Å². The van der Waals surface area contributed by atoms with Gasteiger partial charge < -0.3 is 101 Å². The first-order chi connectivity index (χ1) is 31.0. The van der Waals surface area contributed by atoms with Gasteiger partial charge in [-0.15, -0.1) is 0 Å². The van der Waals surface area contributed by atoms with Gasteiger partial charge in [0.15, 0.2) is 75.1 Å². The molecule has 1 heterocycles. The number of carbonyl (C=O) groups is 2. The number of fused-ring (bicyclic) bond motifs is 1. The monoisotopic (exact) mass is 916 g/mol. The normalized spacial score (nSPS) is 15.2. The van der Waals surface area contributed by atoms with E-state index < -0.39 is 175 Å². The Balaban J connectivity index is 1.48. The van der Waals surface area contributed by atoms with Gasteiger partial charge >= 0.3 is 11.9 Å². The molecule has 1 aliphatic rings. The number of phenolic OH excluding ortho intramolecular Hbond substituents is 17. The number of benzene rings is 6. The second kappa shape index (κ2) is 16.7. The minimum absolute atomic E-state index is 0.276. The largest absolute Gasteiger partial charge is 0.508 e. The number of aromatic hydroxyl groups is 17. The summed E-state index contributed by atoms with van der Waals surface area (Å²) in [4.78, 5) is 27.6. The molecule has 0 saturated heterocycles. The second-order valence-electron chi connectivity index (χ2n) is 15.0. The van der Waals surface area contributed by atoms with Gasteiger partial charge in [0.25, 0.3) is 0 Å². The van der Waals surface area contributed by atoms with Crippen LogP contribution in [0.3, 0.4) is 0 Å². The van der Waals surface area contributed by atoms with E-state index in [1.807, 2.05) is 0 Å². The zero-order valence-electron chi connectivity index (χ0n) is 33.2. The summed E-state index contributed by atoms with van der Waals surface area (Å²) in [6, 6.07) is 8.49. The van der Waals surface area contributed by atoms with Crippen molar-refractivity contribution < 1.29 is 111 Å². The maximum absolute atomic E-state index is 14.0. The Kier molecular flexibility index (Phi) is 11.3. The van der Waals surface area contributed by atoms with Crippen molar-refractivity contribution in [3.63, 3.8) is 0 Å². The van der Waals surface area contributed by atoms with Crippen LogP contribution >= 0.6 is 0 Å². The van der Waals surface area contributed by atoms with Crippen molar-refractivity contribution in [1.82, 2.24) is 0 Å². The van der Waals surface area contributed by atoms with E-state index in [0.717, 1.165) is 54.6 Å². The van der Waals surface area contributed by atoms with E-state index in [2.05, 4.69) is 0 Å². The average Bonchev–Trinajstić information content (AvgIpc) is 3.24. The van der Waals surface area contributed by atoms with Gasteiger partial charge in [0.05, 0.1) is 17.0 Å². The molecule has 0 amide bonds. The van der Waals surface area contributed by atoms with Crippen molar-refractivity contribution in [2.75, 3.05) is 0 Å². The summed E-state index contributed by atoms with van der Waals surface area (Å²) >= 11 is 0. The Morgan fingerprint density at radius 2 is 0.955 bits per heavy atom. The highest BCUT2D eigenvalue weighted by Gasteiger charge is 2.43. The molecule has 344 valence electrons. The lowest BCUT2D eigenvalue weighted by molar-refractivity contribution is -0.0197. The summed E-state index contributed by atoms with van der Waals surface area (Å²) in [6.07, 6.45) is -6.91. The van der Waals surface area contributed by atoms with Crippen LogP contribution in [0.5, 0.6) is 103 Å². The van der Waals surface area contributed by atoms with E-state index in [1.165, 1.54) is 0 Å². The molecule has 0 fully saturated rings. The minimum atomic E-state index is -1.99. The quantitative estimate of drug-likeness (QED) is 0.0676. The summed E-state index contributed by atoms with van der Waals surface area (Å²) < 4.78 is 18.0. The number of rotatable bonds is 10. The molecule has 0 aromatic heterocycles. The van der Waals surface area contributed by atoms with Crippen molar-refractivity contribution in [3.8, 4) is 103 Å². The third-order valence-corrected chi connectivity index (χ3v) is 10.6. The molecule has 6 aromatic rings. The van der Waals surface area contributed by atoms with Crippen LogP contribution in [-0.4, -0.2) is 111 Å². The van der Waals surface area contributed by atoms with E-state index in [0.29, 0.717) is 12.1 Å². The zero-order chi connectivity index (χ0) is 48.2. The molecule has 66 heavy (non-hydrogen) atoms. The molecule has 1 aliphatic heterocycles. The summed E-state index contributed by atoms with van der Waals surface area (Å²) in [5.74, 6) is -21.0. The van der Waals surface area contributed by atoms with Gasteiger partial charge in [-0.2, -0.15) is 0 Å². The highest BCUT2D eigenvalue weighted by Crippen LogP contribution is 2.54. The molecule has 0 saturated carbocycles. The predicted molar refractivity (Wildman–Crippen MR) is 218 cm³/mol. The fourth-order valence-electron chi connectivity index (χ4n) is 7.50. The number of ether oxygens (including phenoxy) is 3. The van der Waals surface area contributed by atoms with E-state index in [1.54, 1.807) is 0 Å². The molecule has 0 bridgehead atoms. The summed E-state index contributed by atoms with van der Waals surface area (Å²) in [6.45, 7) is 0. The van der Waals surface area contributed by atoms with Gasteiger partial charge in [-0.1, -0.05) is 0 Å². The molecule has 17 N–H and O–H groups in total. The lowest BCUT2D eigenvalue weighted by atomic mass is 9.80. The number of hydrogen-bond acceptors (Lipinski definition) is 22. The first-order valence-electron chi connectivity index (χ1n) is 18.9. The molecule has 4 atom stereocenters. The first kappa shape index (κ1) is 44.7. The highest BCUT2D eigenvalue weighted by atomic mass is 16.6. The molecule has 22 nitrogen and oxygen atoms in total. The van der Waals surface area contributed by atoms with Gasteiger partial charge in [-0.05, 0) is 54.1 Å². The first-order valence-corrected chi connectivity index (χ1v) is 18.9. The van der Waals surface area contributed by atoms with Crippen LogP contribution in [0.4, 0.5) is 0 Å². The number of esters is 2. The van der Waals surface area contributed by atoms with Crippen molar-refractivity contribution >= 4 is 11.9 Å². The van der Waals surface area contributed by atoms with Crippen LogP contribution in [0.1, 0.15) is 60.6 Å². The number of hydrogen-bond donors (Lipinski definition) is 17. The van der Waals surface area contributed by atoms with Crippen molar-refractivity contribution in [1.29, 1.82) is 0 Å². The Morgan fingerprint density at radius 3 is 1.44 bits per heavy atom. The van der Waals surface area contributed by atoms with Crippen LogP contribution < -0.4 is 4.74 Å². The Bertz CT molecular complexity index is 2850. The maximum Gasteiger partial charge on any atom is 0.338 e. The lowest BCUT2D eigenvalue weighted by Gasteiger charge is -2.37. The predicted octanol–water partition coefficient (Wildman–Crippen LogP) is 4.18. The molecule has 0 unspecified atom stereocenters. The third kappa shape index (κ3) is 8.19. The van der Waals surface area contributed by atoms with Crippen molar-refractivity contribution in [2.24, 2.45) is 0 Å². The van der Waals surface area contributed by atoms with E-state index in [9.17, 15) is 96.4 Å². The zero-order valence-corrected chi connectivity index (χ0v) is 33.2. The lowest BCUT2D eigenvalue weighted by Crippen LogP contribution is -2.36. The van der Waals surface area contributed by atoms with Gasteiger partial charge in [0.2, 0.25) is 0 Å². The Labute approximate surface area is 368 Å². The van der Waals surface area contributed by atoms with Gasteiger partial charge in [0.1, 0.15) is 46.7 Å². The van der Waals surface area contributed by atoms with Crippen LogP contribution in [0.2, 0.25) is 0 Å². The molecule has 22 heteroatoms. The molecule has 0 radical (unpaired) electrons. The van der Waals surface area contributed by atoms with Gasteiger partial charge in [0, 0.05) is 53.3 Å². The fourth-order valence-corrected chi connectivity index (χ4v) is 7.50. The molecule has 0 spiro atoms. The molecule has 0 aliphatic carbocycles. The Hall–Kier alpha value is -9.34. The second-order valence-corrected chi connectivity index (χ2v) is 15.0. The summed E-state index contributed by atoms with van der Waals surface area (Å²) in [7, 11) is 0.